The Balaban J connectivity index is 1.32. The van der Waals surface area contributed by atoms with Crippen LogP contribution < -0.4 is 10.6 Å². The van der Waals surface area contributed by atoms with Crippen LogP contribution in [0.1, 0.15) is 25.3 Å². The first kappa shape index (κ1) is 27.2. The molecule has 1 aliphatic rings. The van der Waals surface area contributed by atoms with Crippen LogP contribution >= 0.6 is 23.2 Å². The minimum atomic E-state index is -3.83. The normalized spacial score (nSPS) is 17.8. The Labute approximate surface area is 237 Å². The predicted molar refractivity (Wildman–Crippen MR) is 154 cm³/mol. The van der Waals surface area contributed by atoms with Crippen molar-refractivity contribution in [3.8, 4) is 0 Å². The standard InChI is InChI=1S/C27H28Cl2N6O3S/c1-17-5-7-22(8-6-17)39(37,38)35-11-9-23-26(31-16-32-27(23)35)33-24-4-3-10-34(18(24)2)25(36)15-30-21-13-19(28)12-20(29)14-21/h5-9,11-14,16,18,24,30H,3-4,10,15H2,1-2H3,(H,31,32,33). The van der Waals surface area contributed by atoms with E-state index in [0.29, 0.717) is 33.5 Å². The van der Waals surface area contributed by atoms with E-state index < -0.39 is 10.0 Å². The Morgan fingerprint density at radius 2 is 1.79 bits per heavy atom. The minimum Gasteiger partial charge on any atom is -0.376 e. The highest BCUT2D eigenvalue weighted by Crippen LogP contribution is 2.28. The number of rotatable bonds is 7. The van der Waals surface area contributed by atoms with Crippen molar-refractivity contribution >= 4 is 61.7 Å². The fourth-order valence-electron chi connectivity index (χ4n) is 4.86. The van der Waals surface area contributed by atoms with Crippen molar-refractivity contribution in [2.45, 2.75) is 43.7 Å². The number of fused-ring (bicyclic) bond motifs is 1. The first-order valence-electron chi connectivity index (χ1n) is 12.5. The van der Waals surface area contributed by atoms with Gasteiger partial charge in [-0.05, 0) is 63.1 Å². The van der Waals surface area contributed by atoms with Gasteiger partial charge in [-0.2, -0.15) is 0 Å². The molecule has 1 amide bonds. The van der Waals surface area contributed by atoms with Crippen LogP contribution in [0.3, 0.4) is 0 Å². The molecule has 0 aliphatic carbocycles. The number of piperidine rings is 1. The topological polar surface area (TPSA) is 109 Å². The van der Waals surface area contributed by atoms with Crippen molar-refractivity contribution in [2.75, 3.05) is 23.7 Å². The second-order valence-electron chi connectivity index (χ2n) is 9.62. The van der Waals surface area contributed by atoms with Crippen LogP contribution in [-0.4, -0.2) is 58.3 Å². The lowest BCUT2D eigenvalue weighted by Crippen LogP contribution is -2.53. The lowest BCUT2D eigenvalue weighted by molar-refractivity contribution is -0.132. The van der Waals surface area contributed by atoms with Crippen molar-refractivity contribution in [1.82, 2.24) is 18.8 Å². The van der Waals surface area contributed by atoms with E-state index in [1.54, 1.807) is 48.5 Å². The fraction of sp³-hybridized carbons (Fsp3) is 0.296. The van der Waals surface area contributed by atoms with Gasteiger partial charge in [0.05, 0.1) is 16.8 Å². The molecule has 4 aromatic rings. The Morgan fingerprint density at radius 3 is 2.51 bits per heavy atom. The van der Waals surface area contributed by atoms with E-state index in [1.807, 2.05) is 18.7 Å². The van der Waals surface area contributed by atoms with Crippen molar-refractivity contribution in [3.05, 3.63) is 76.7 Å². The van der Waals surface area contributed by atoms with Crippen molar-refractivity contribution in [3.63, 3.8) is 0 Å². The monoisotopic (exact) mass is 586 g/mol. The van der Waals surface area contributed by atoms with E-state index in [-0.39, 0.29) is 35.1 Å². The molecule has 1 aliphatic heterocycles. The first-order chi connectivity index (χ1) is 18.6. The maximum absolute atomic E-state index is 13.3. The number of amides is 1. The van der Waals surface area contributed by atoms with Gasteiger partial charge in [-0.1, -0.05) is 40.9 Å². The number of benzene rings is 2. The van der Waals surface area contributed by atoms with Crippen LogP contribution in [0.5, 0.6) is 0 Å². The second kappa shape index (κ2) is 11.0. The van der Waals surface area contributed by atoms with Crippen molar-refractivity contribution in [2.24, 2.45) is 0 Å². The molecule has 39 heavy (non-hydrogen) atoms. The van der Waals surface area contributed by atoms with Gasteiger partial charge in [-0.15, -0.1) is 0 Å². The molecule has 0 spiro atoms. The van der Waals surface area contributed by atoms with Crippen molar-refractivity contribution < 1.29 is 13.2 Å². The van der Waals surface area contributed by atoms with E-state index in [4.69, 9.17) is 23.2 Å². The molecule has 0 radical (unpaired) electrons. The van der Waals surface area contributed by atoms with Gasteiger partial charge >= 0.3 is 0 Å². The number of hydrogen-bond donors (Lipinski definition) is 2. The highest BCUT2D eigenvalue weighted by molar-refractivity contribution is 7.90. The maximum Gasteiger partial charge on any atom is 0.269 e. The van der Waals surface area contributed by atoms with Gasteiger partial charge in [0.1, 0.15) is 12.1 Å². The number of nitrogens with one attached hydrogen (secondary N) is 2. The van der Waals surface area contributed by atoms with Gasteiger partial charge in [-0.25, -0.2) is 22.4 Å². The molecule has 9 nitrogen and oxygen atoms in total. The summed E-state index contributed by atoms with van der Waals surface area (Å²) < 4.78 is 27.8. The minimum absolute atomic E-state index is 0.0479. The number of nitrogens with zero attached hydrogens (tertiary/aromatic N) is 4. The fourth-order valence-corrected chi connectivity index (χ4v) is 6.69. The van der Waals surface area contributed by atoms with Gasteiger partial charge < -0.3 is 15.5 Å². The maximum atomic E-state index is 13.3. The summed E-state index contributed by atoms with van der Waals surface area (Å²) in [6.07, 6.45) is 4.49. The van der Waals surface area contributed by atoms with Crippen molar-refractivity contribution in [1.29, 1.82) is 0 Å². The van der Waals surface area contributed by atoms with Gasteiger partial charge in [0, 0.05) is 40.6 Å². The SMILES string of the molecule is Cc1ccc(S(=O)(=O)n2ccc3c(NC4CCCN(C(=O)CNc5cc(Cl)cc(Cl)c5)C4C)ncnc32)cc1. The molecule has 0 saturated carbocycles. The van der Waals surface area contributed by atoms with Gasteiger partial charge in [0.15, 0.2) is 5.65 Å². The summed E-state index contributed by atoms with van der Waals surface area (Å²) in [6.45, 7) is 4.64. The summed E-state index contributed by atoms with van der Waals surface area (Å²) >= 11 is 12.1. The van der Waals surface area contributed by atoms with Gasteiger partial charge in [0.2, 0.25) is 5.91 Å². The van der Waals surface area contributed by atoms with Crippen LogP contribution in [0.4, 0.5) is 11.5 Å². The van der Waals surface area contributed by atoms with Crippen LogP contribution in [0, 0.1) is 6.92 Å². The molecule has 12 heteroatoms. The van der Waals surface area contributed by atoms with Gasteiger partial charge in [-0.3, -0.25) is 4.79 Å². The Hall–Kier alpha value is -3.34. The van der Waals surface area contributed by atoms with Crippen LogP contribution in [-0.2, 0) is 14.8 Å². The van der Waals surface area contributed by atoms with Crippen LogP contribution in [0.2, 0.25) is 10.0 Å². The summed E-state index contributed by atoms with van der Waals surface area (Å²) in [7, 11) is -3.83. The molecule has 2 N–H and O–H groups in total. The number of aromatic nitrogens is 3. The zero-order valence-electron chi connectivity index (χ0n) is 21.4. The van der Waals surface area contributed by atoms with E-state index in [1.165, 1.54) is 16.5 Å². The number of carbonyl (C=O) groups is 1. The number of aryl methyl sites for hydroxylation is 1. The number of halogens is 2. The summed E-state index contributed by atoms with van der Waals surface area (Å²) in [5.41, 5.74) is 1.93. The van der Waals surface area contributed by atoms with Crippen LogP contribution in [0.15, 0.2) is 66.0 Å². The second-order valence-corrected chi connectivity index (χ2v) is 12.3. The summed E-state index contributed by atoms with van der Waals surface area (Å²) in [4.78, 5) is 23.8. The molecule has 5 rings (SSSR count). The van der Waals surface area contributed by atoms with Crippen LogP contribution in [0.25, 0.3) is 11.0 Å². The van der Waals surface area contributed by atoms with E-state index in [9.17, 15) is 13.2 Å². The molecule has 3 heterocycles. The molecule has 2 atom stereocenters. The van der Waals surface area contributed by atoms with E-state index >= 15 is 0 Å². The third kappa shape index (κ3) is 5.68. The highest BCUT2D eigenvalue weighted by atomic mass is 35.5. The number of hydrogen-bond acceptors (Lipinski definition) is 7. The molecule has 0 bridgehead atoms. The zero-order valence-corrected chi connectivity index (χ0v) is 23.8. The quantitative estimate of drug-likeness (QED) is 0.307. The molecular formula is C27H28Cl2N6O3S. The Kier molecular flexibility index (Phi) is 7.70. The van der Waals surface area contributed by atoms with E-state index in [2.05, 4.69) is 20.6 Å². The van der Waals surface area contributed by atoms with E-state index in [0.717, 1.165) is 18.4 Å². The molecule has 1 saturated heterocycles. The number of carbonyl (C=O) groups excluding carboxylic acids is 1. The average molecular weight is 588 g/mol. The summed E-state index contributed by atoms with van der Waals surface area (Å²) in [6, 6.07) is 13.2. The molecule has 204 valence electrons. The molecule has 2 aromatic carbocycles. The third-order valence-electron chi connectivity index (χ3n) is 6.96. The molecule has 2 unspecified atom stereocenters. The molecule has 1 fully saturated rings. The Bertz CT molecular complexity index is 1600. The summed E-state index contributed by atoms with van der Waals surface area (Å²) in [5, 5.41) is 8.12. The lowest BCUT2D eigenvalue weighted by Gasteiger charge is -2.40. The zero-order chi connectivity index (χ0) is 27.7. The molecule has 2 aromatic heterocycles. The number of anilines is 2. The molecular weight excluding hydrogens is 559 g/mol. The first-order valence-corrected chi connectivity index (χ1v) is 14.7. The average Bonchev–Trinajstić information content (AvgIpc) is 3.34. The Morgan fingerprint density at radius 1 is 1.08 bits per heavy atom. The lowest BCUT2D eigenvalue weighted by atomic mass is 9.97. The highest BCUT2D eigenvalue weighted by Gasteiger charge is 2.32. The summed E-state index contributed by atoms with van der Waals surface area (Å²) in [5.74, 6) is 0.476. The largest absolute Gasteiger partial charge is 0.376 e. The predicted octanol–water partition coefficient (Wildman–Crippen LogP) is 5.19. The van der Waals surface area contributed by atoms with Gasteiger partial charge in [0.25, 0.3) is 10.0 Å². The third-order valence-corrected chi connectivity index (χ3v) is 9.08. The number of likely N-dealkylation sites (tertiary alicyclic amines) is 1. The smallest absolute Gasteiger partial charge is 0.269 e.